The predicted molar refractivity (Wildman–Crippen MR) is 74.3 cm³/mol. The lowest BCUT2D eigenvalue weighted by molar-refractivity contribution is 1.15. The highest BCUT2D eigenvalue weighted by atomic mass is 35.5. The Morgan fingerprint density at radius 2 is 2.06 bits per heavy atom. The summed E-state index contributed by atoms with van der Waals surface area (Å²) < 4.78 is 0. The molecule has 0 unspecified atom stereocenters. The Labute approximate surface area is 111 Å². The molecular weight excluding hydrogens is 246 g/mol. The molecule has 0 saturated heterocycles. The molecule has 4 heteroatoms. The summed E-state index contributed by atoms with van der Waals surface area (Å²) in [5.74, 6) is 0. The van der Waals surface area contributed by atoms with Gasteiger partial charge in [-0.1, -0.05) is 23.7 Å². The van der Waals surface area contributed by atoms with Crippen molar-refractivity contribution in [3.63, 3.8) is 0 Å². The maximum absolute atomic E-state index is 8.75. The zero-order valence-electron chi connectivity index (χ0n) is 9.65. The molecule has 0 fully saturated rings. The second-order valence-electron chi connectivity index (χ2n) is 3.91. The molecule has 2 aromatic rings. The van der Waals surface area contributed by atoms with E-state index >= 15 is 0 Å². The molecule has 0 aromatic heterocycles. The van der Waals surface area contributed by atoms with Gasteiger partial charge in [0, 0.05) is 12.2 Å². The van der Waals surface area contributed by atoms with E-state index < -0.39 is 0 Å². The number of nitriles is 1. The molecule has 0 amide bonds. The lowest BCUT2D eigenvalue weighted by Crippen LogP contribution is -2.00. The molecule has 0 aliphatic rings. The first-order valence-electron chi connectivity index (χ1n) is 5.47. The molecule has 0 aliphatic carbocycles. The third-order valence-electron chi connectivity index (χ3n) is 2.53. The van der Waals surface area contributed by atoms with Crippen LogP contribution in [0, 0.1) is 11.3 Å². The minimum absolute atomic E-state index is 0.540. The normalized spacial score (nSPS) is 9.78. The molecule has 0 atom stereocenters. The van der Waals surface area contributed by atoms with Gasteiger partial charge in [0.1, 0.15) is 0 Å². The fraction of sp³-hybridized carbons (Fsp3) is 0.0714. The van der Waals surface area contributed by atoms with Crippen molar-refractivity contribution in [2.45, 2.75) is 6.54 Å². The van der Waals surface area contributed by atoms with Gasteiger partial charge in [0.2, 0.25) is 0 Å². The van der Waals surface area contributed by atoms with E-state index in [4.69, 9.17) is 22.6 Å². The average molecular weight is 258 g/mol. The number of nitrogens with two attached hydrogens (primary N) is 1. The van der Waals surface area contributed by atoms with Gasteiger partial charge in [-0.25, -0.2) is 0 Å². The predicted octanol–water partition coefficient (Wildman–Crippen LogP) is 3.41. The van der Waals surface area contributed by atoms with Crippen molar-refractivity contribution in [2.24, 2.45) is 0 Å². The van der Waals surface area contributed by atoms with Crippen LogP contribution in [-0.2, 0) is 6.54 Å². The van der Waals surface area contributed by atoms with Crippen LogP contribution in [-0.4, -0.2) is 0 Å². The largest absolute Gasteiger partial charge is 0.399 e. The Morgan fingerprint density at radius 1 is 1.22 bits per heavy atom. The van der Waals surface area contributed by atoms with Crippen molar-refractivity contribution in [1.29, 1.82) is 5.26 Å². The van der Waals surface area contributed by atoms with Gasteiger partial charge in [-0.3, -0.25) is 0 Å². The average Bonchev–Trinajstić information content (AvgIpc) is 2.37. The molecule has 0 bridgehead atoms. The number of hydrogen-bond donors (Lipinski definition) is 2. The number of benzene rings is 2. The van der Waals surface area contributed by atoms with Crippen molar-refractivity contribution >= 4 is 23.0 Å². The SMILES string of the molecule is N#Cc1ccc(NCc2cccc(N)c2)c(Cl)c1. The van der Waals surface area contributed by atoms with Crippen molar-refractivity contribution < 1.29 is 0 Å². The van der Waals surface area contributed by atoms with E-state index in [1.54, 1.807) is 18.2 Å². The highest BCUT2D eigenvalue weighted by Gasteiger charge is 2.01. The first kappa shape index (κ1) is 12.3. The zero-order valence-corrected chi connectivity index (χ0v) is 10.4. The first-order chi connectivity index (χ1) is 8.69. The first-order valence-corrected chi connectivity index (χ1v) is 5.85. The summed E-state index contributed by atoms with van der Waals surface area (Å²) in [4.78, 5) is 0. The Balaban J connectivity index is 2.09. The molecule has 18 heavy (non-hydrogen) atoms. The smallest absolute Gasteiger partial charge is 0.0992 e. The van der Waals surface area contributed by atoms with Crippen LogP contribution in [0.5, 0.6) is 0 Å². The van der Waals surface area contributed by atoms with Gasteiger partial charge in [0.05, 0.1) is 22.3 Å². The third-order valence-corrected chi connectivity index (χ3v) is 2.84. The third kappa shape index (κ3) is 2.93. The summed E-state index contributed by atoms with van der Waals surface area (Å²) in [5, 5.41) is 12.5. The van der Waals surface area contributed by atoms with Gasteiger partial charge in [0.25, 0.3) is 0 Å². The summed E-state index contributed by atoms with van der Waals surface area (Å²) in [6.45, 7) is 0.636. The van der Waals surface area contributed by atoms with Crippen LogP contribution in [0.2, 0.25) is 5.02 Å². The molecule has 0 heterocycles. The fourth-order valence-electron chi connectivity index (χ4n) is 1.63. The molecule has 3 N–H and O–H groups in total. The maximum atomic E-state index is 8.75. The second-order valence-corrected chi connectivity index (χ2v) is 4.31. The Kier molecular flexibility index (Phi) is 3.71. The van der Waals surface area contributed by atoms with Crippen LogP contribution < -0.4 is 11.1 Å². The number of rotatable bonds is 3. The van der Waals surface area contributed by atoms with Crippen molar-refractivity contribution in [3.8, 4) is 6.07 Å². The number of nitrogen functional groups attached to an aromatic ring is 1. The minimum Gasteiger partial charge on any atom is -0.399 e. The highest BCUT2D eigenvalue weighted by Crippen LogP contribution is 2.23. The van der Waals surface area contributed by atoms with Crippen molar-refractivity contribution in [2.75, 3.05) is 11.1 Å². The van der Waals surface area contributed by atoms with Crippen LogP contribution >= 0.6 is 11.6 Å². The van der Waals surface area contributed by atoms with E-state index in [1.807, 2.05) is 30.3 Å². The molecule has 3 nitrogen and oxygen atoms in total. The van der Waals surface area contributed by atoms with E-state index in [0.29, 0.717) is 17.1 Å². The van der Waals surface area contributed by atoms with Gasteiger partial charge in [-0.15, -0.1) is 0 Å². The lowest BCUT2D eigenvalue weighted by atomic mass is 10.2. The van der Waals surface area contributed by atoms with Gasteiger partial charge in [-0.05, 0) is 35.9 Å². The van der Waals surface area contributed by atoms with Crippen LogP contribution in [0.4, 0.5) is 11.4 Å². The van der Waals surface area contributed by atoms with Crippen molar-refractivity contribution in [1.82, 2.24) is 0 Å². The number of hydrogen-bond acceptors (Lipinski definition) is 3. The summed E-state index contributed by atoms with van der Waals surface area (Å²) in [5.41, 5.74) is 8.88. The fourth-order valence-corrected chi connectivity index (χ4v) is 1.88. The summed E-state index contributed by atoms with van der Waals surface area (Å²) in [7, 11) is 0. The van der Waals surface area contributed by atoms with Gasteiger partial charge >= 0.3 is 0 Å². The van der Waals surface area contributed by atoms with E-state index in [1.165, 1.54) is 0 Å². The molecule has 0 saturated carbocycles. The number of nitrogens with zero attached hydrogens (tertiary/aromatic N) is 1. The molecule has 0 aliphatic heterocycles. The van der Waals surface area contributed by atoms with E-state index in [0.717, 1.165) is 16.9 Å². The molecule has 90 valence electrons. The Bertz CT molecular complexity index is 602. The Hall–Kier alpha value is -2.18. The van der Waals surface area contributed by atoms with E-state index in [-0.39, 0.29) is 0 Å². The lowest BCUT2D eigenvalue weighted by Gasteiger charge is -2.09. The van der Waals surface area contributed by atoms with E-state index in [9.17, 15) is 0 Å². The van der Waals surface area contributed by atoms with Crippen LogP contribution in [0.1, 0.15) is 11.1 Å². The van der Waals surface area contributed by atoms with Crippen molar-refractivity contribution in [3.05, 3.63) is 58.6 Å². The summed E-state index contributed by atoms with van der Waals surface area (Å²) in [6.07, 6.45) is 0. The minimum atomic E-state index is 0.540. The van der Waals surface area contributed by atoms with Gasteiger partial charge in [-0.2, -0.15) is 5.26 Å². The highest BCUT2D eigenvalue weighted by molar-refractivity contribution is 6.33. The van der Waals surface area contributed by atoms with Gasteiger partial charge in [0.15, 0.2) is 0 Å². The van der Waals surface area contributed by atoms with Crippen LogP contribution in [0.25, 0.3) is 0 Å². The Morgan fingerprint density at radius 3 is 2.72 bits per heavy atom. The summed E-state index contributed by atoms with van der Waals surface area (Å²) in [6, 6.07) is 14.9. The molecular formula is C14H12ClN3. The zero-order chi connectivity index (χ0) is 13.0. The van der Waals surface area contributed by atoms with Gasteiger partial charge < -0.3 is 11.1 Å². The van der Waals surface area contributed by atoms with E-state index in [2.05, 4.69) is 5.32 Å². The van der Waals surface area contributed by atoms with Crippen LogP contribution in [0.15, 0.2) is 42.5 Å². The maximum Gasteiger partial charge on any atom is 0.0992 e. The second kappa shape index (κ2) is 5.44. The molecule has 2 rings (SSSR count). The number of nitrogens with one attached hydrogen (secondary N) is 1. The standard InChI is InChI=1S/C14H12ClN3/c15-13-7-10(8-16)4-5-14(13)18-9-11-2-1-3-12(17)6-11/h1-7,18H,9,17H2. The molecule has 0 radical (unpaired) electrons. The van der Waals surface area contributed by atoms with Crippen LogP contribution in [0.3, 0.4) is 0 Å². The molecule has 2 aromatic carbocycles. The summed E-state index contributed by atoms with van der Waals surface area (Å²) >= 11 is 6.07. The molecule has 0 spiro atoms. The monoisotopic (exact) mass is 257 g/mol. The number of halogens is 1. The quantitative estimate of drug-likeness (QED) is 0.829. The topological polar surface area (TPSA) is 61.8 Å². The number of anilines is 2.